The topological polar surface area (TPSA) is 18.5 Å². The molecular formula is C7H12I2O2. The molecule has 2 nitrogen and oxygen atoms in total. The minimum atomic E-state index is -0.00553. The Bertz CT molecular complexity index is 116. The lowest BCUT2D eigenvalue weighted by Gasteiger charge is -2.36. The Morgan fingerprint density at radius 3 is 2.09 bits per heavy atom. The molecular weight excluding hydrogens is 370 g/mol. The van der Waals surface area contributed by atoms with Crippen molar-refractivity contribution in [2.45, 2.75) is 13.2 Å². The third-order valence-corrected chi connectivity index (χ3v) is 5.05. The van der Waals surface area contributed by atoms with Gasteiger partial charge in [0.25, 0.3) is 0 Å². The van der Waals surface area contributed by atoms with Crippen molar-refractivity contribution in [2.75, 3.05) is 22.1 Å². The van der Waals surface area contributed by atoms with Crippen LogP contribution < -0.4 is 0 Å². The van der Waals surface area contributed by atoms with Gasteiger partial charge in [0, 0.05) is 14.3 Å². The Kier molecular flexibility index (Phi) is 4.35. The molecule has 0 amide bonds. The van der Waals surface area contributed by atoms with Crippen molar-refractivity contribution in [1.82, 2.24) is 0 Å². The molecule has 0 unspecified atom stereocenters. The summed E-state index contributed by atoms with van der Waals surface area (Å²) >= 11 is 4.80. The molecule has 0 aliphatic carbocycles. The smallest absolute Gasteiger partial charge is 0.154 e. The summed E-state index contributed by atoms with van der Waals surface area (Å²) in [5.74, 6) is 0. The standard InChI is InChI=1S/C7H12I2O2/c1-6-10-4-7(2-8,3-9)5-11-6/h6H,2-5H2,1H3. The van der Waals surface area contributed by atoms with Crippen molar-refractivity contribution in [1.29, 1.82) is 0 Å². The predicted octanol–water partition coefficient (Wildman–Crippen LogP) is 2.24. The number of alkyl halides is 2. The van der Waals surface area contributed by atoms with Crippen molar-refractivity contribution in [3.63, 3.8) is 0 Å². The van der Waals surface area contributed by atoms with Crippen LogP contribution in [0.4, 0.5) is 0 Å². The lowest BCUT2D eigenvalue weighted by molar-refractivity contribution is -0.208. The Morgan fingerprint density at radius 2 is 1.73 bits per heavy atom. The number of ether oxygens (including phenoxy) is 2. The molecule has 0 aromatic heterocycles. The van der Waals surface area contributed by atoms with Crippen LogP contribution in [0.1, 0.15) is 6.92 Å². The summed E-state index contributed by atoms with van der Waals surface area (Å²) in [6, 6.07) is 0. The second-order valence-electron chi connectivity index (χ2n) is 2.96. The minimum absolute atomic E-state index is 0.00553. The van der Waals surface area contributed by atoms with Crippen LogP contribution in [-0.4, -0.2) is 28.4 Å². The molecule has 1 aliphatic rings. The fraction of sp³-hybridized carbons (Fsp3) is 1.00. The van der Waals surface area contributed by atoms with Crippen LogP contribution in [-0.2, 0) is 9.47 Å². The van der Waals surface area contributed by atoms with Gasteiger partial charge in [0.05, 0.1) is 13.2 Å². The lowest BCUT2D eigenvalue weighted by atomic mass is 9.95. The number of hydrogen-bond donors (Lipinski definition) is 0. The van der Waals surface area contributed by atoms with Gasteiger partial charge >= 0.3 is 0 Å². The summed E-state index contributed by atoms with van der Waals surface area (Å²) in [6.45, 7) is 3.64. The van der Waals surface area contributed by atoms with Crippen molar-refractivity contribution >= 4 is 45.2 Å². The highest BCUT2D eigenvalue weighted by molar-refractivity contribution is 14.1. The second kappa shape index (κ2) is 4.57. The average molecular weight is 382 g/mol. The SMILES string of the molecule is CC1OCC(CI)(CI)CO1. The molecule has 1 heterocycles. The zero-order valence-corrected chi connectivity index (χ0v) is 10.8. The normalized spacial score (nSPS) is 25.4. The first kappa shape index (κ1) is 10.5. The van der Waals surface area contributed by atoms with Crippen LogP contribution in [0, 0.1) is 5.41 Å². The van der Waals surface area contributed by atoms with Crippen LogP contribution in [0.2, 0.25) is 0 Å². The van der Waals surface area contributed by atoms with E-state index in [2.05, 4.69) is 45.2 Å². The second-order valence-corrected chi connectivity index (χ2v) is 4.48. The van der Waals surface area contributed by atoms with E-state index in [4.69, 9.17) is 9.47 Å². The first-order valence-corrected chi connectivity index (χ1v) is 6.63. The fourth-order valence-corrected chi connectivity index (χ4v) is 3.32. The molecule has 0 atom stereocenters. The van der Waals surface area contributed by atoms with E-state index >= 15 is 0 Å². The largest absolute Gasteiger partial charge is 0.352 e. The van der Waals surface area contributed by atoms with Gasteiger partial charge in [-0.25, -0.2) is 0 Å². The highest BCUT2D eigenvalue weighted by Crippen LogP contribution is 2.29. The Hall–Kier alpha value is 1.38. The van der Waals surface area contributed by atoms with E-state index in [0.29, 0.717) is 0 Å². The van der Waals surface area contributed by atoms with Gasteiger partial charge in [0.2, 0.25) is 0 Å². The highest BCUT2D eigenvalue weighted by atomic mass is 127. The van der Waals surface area contributed by atoms with E-state index in [1.807, 2.05) is 6.92 Å². The van der Waals surface area contributed by atoms with Gasteiger partial charge in [-0.2, -0.15) is 0 Å². The number of rotatable bonds is 2. The summed E-state index contributed by atoms with van der Waals surface area (Å²) in [7, 11) is 0. The van der Waals surface area contributed by atoms with Gasteiger partial charge < -0.3 is 9.47 Å². The summed E-state index contributed by atoms with van der Waals surface area (Å²) < 4.78 is 13.1. The van der Waals surface area contributed by atoms with Gasteiger partial charge in [-0.1, -0.05) is 45.2 Å². The molecule has 66 valence electrons. The molecule has 1 aliphatic heterocycles. The first-order valence-electron chi connectivity index (χ1n) is 3.57. The summed E-state index contributed by atoms with van der Waals surface area (Å²) in [6.07, 6.45) is -0.00553. The maximum Gasteiger partial charge on any atom is 0.154 e. The lowest BCUT2D eigenvalue weighted by Crippen LogP contribution is -2.43. The number of halogens is 2. The van der Waals surface area contributed by atoms with Gasteiger partial charge in [-0.05, 0) is 6.92 Å². The van der Waals surface area contributed by atoms with E-state index in [0.717, 1.165) is 22.1 Å². The van der Waals surface area contributed by atoms with E-state index < -0.39 is 0 Å². The van der Waals surface area contributed by atoms with E-state index in [1.54, 1.807) is 0 Å². The van der Waals surface area contributed by atoms with Gasteiger partial charge in [0.15, 0.2) is 6.29 Å². The van der Waals surface area contributed by atoms with Crippen LogP contribution in [0.5, 0.6) is 0 Å². The predicted molar refractivity (Wildman–Crippen MR) is 61.6 cm³/mol. The van der Waals surface area contributed by atoms with Crippen LogP contribution in [0.15, 0.2) is 0 Å². The maximum absolute atomic E-state index is 5.44. The zero-order chi connectivity index (χ0) is 8.32. The molecule has 1 rings (SSSR count). The summed E-state index contributed by atoms with van der Waals surface area (Å²) in [5.41, 5.74) is 0.271. The molecule has 11 heavy (non-hydrogen) atoms. The summed E-state index contributed by atoms with van der Waals surface area (Å²) in [5, 5.41) is 0. The van der Waals surface area contributed by atoms with Crippen molar-refractivity contribution in [3.05, 3.63) is 0 Å². The summed E-state index contributed by atoms with van der Waals surface area (Å²) in [4.78, 5) is 0. The molecule has 1 fully saturated rings. The molecule has 0 N–H and O–H groups in total. The van der Waals surface area contributed by atoms with E-state index in [-0.39, 0.29) is 11.7 Å². The van der Waals surface area contributed by atoms with Gasteiger partial charge in [-0.3, -0.25) is 0 Å². The maximum atomic E-state index is 5.44. The van der Waals surface area contributed by atoms with Crippen LogP contribution >= 0.6 is 45.2 Å². The van der Waals surface area contributed by atoms with Crippen molar-refractivity contribution in [3.8, 4) is 0 Å². The zero-order valence-electron chi connectivity index (χ0n) is 6.48. The Labute approximate surface area is 94.7 Å². The Morgan fingerprint density at radius 1 is 1.27 bits per heavy atom. The van der Waals surface area contributed by atoms with Crippen LogP contribution in [0.3, 0.4) is 0 Å². The average Bonchev–Trinajstić information content (AvgIpc) is 2.07. The number of hydrogen-bond acceptors (Lipinski definition) is 2. The molecule has 1 saturated heterocycles. The van der Waals surface area contributed by atoms with Gasteiger partial charge in [0.1, 0.15) is 0 Å². The van der Waals surface area contributed by atoms with Crippen molar-refractivity contribution < 1.29 is 9.47 Å². The molecule has 0 spiro atoms. The third-order valence-electron chi connectivity index (χ3n) is 1.82. The quantitative estimate of drug-likeness (QED) is 0.539. The molecule has 0 saturated carbocycles. The van der Waals surface area contributed by atoms with Crippen molar-refractivity contribution in [2.24, 2.45) is 5.41 Å². The first-order chi connectivity index (χ1) is 5.22. The Balaban J connectivity index is 2.45. The fourth-order valence-electron chi connectivity index (χ4n) is 0.868. The minimum Gasteiger partial charge on any atom is -0.352 e. The van der Waals surface area contributed by atoms with E-state index in [9.17, 15) is 0 Å². The molecule has 0 radical (unpaired) electrons. The third kappa shape index (κ3) is 2.67. The molecule has 0 aromatic rings. The highest BCUT2D eigenvalue weighted by Gasteiger charge is 2.33. The molecule has 4 heteroatoms. The molecule has 0 aromatic carbocycles. The molecule has 0 bridgehead atoms. The van der Waals surface area contributed by atoms with Gasteiger partial charge in [-0.15, -0.1) is 0 Å². The van der Waals surface area contributed by atoms with E-state index in [1.165, 1.54) is 0 Å². The van der Waals surface area contributed by atoms with Crippen LogP contribution in [0.25, 0.3) is 0 Å². The monoisotopic (exact) mass is 382 g/mol.